The minimum Gasteiger partial charge on any atom is -0.271 e. The molecule has 1 aromatic carbocycles. The number of rotatable bonds is 4. The smallest absolute Gasteiger partial charge is 0.126 e. The Morgan fingerprint density at radius 3 is 2.44 bits per heavy atom. The second-order valence-corrected chi connectivity index (χ2v) is 3.83. The summed E-state index contributed by atoms with van der Waals surface area (Å²) in [6.45, 7) is 0. The zero-order chi connectivity index (χ0) is 13.0. The lowest BCUT2D eigenvalue weighted by Crippen LogP contribution is -2.30. The molecule has 0 radical (unpaired) electrons. The molecule has 0 bridgehead atoms. The molecule has 94 valence electrons. The summed E-state index contributed by atoms with van der Waals surface area (Å²) in [5, 5.41) is 0. The summed E-state index contributed by atoms with van der Waals surface area (Å²) in [6.07, 6.45) is 4.95. The predicted octanol–water partition coefficient (Wildman–Crippen LogP) is 1.50. The molecule has 0 fully saturated rings. The van der Waals surface area contributed by atoms with Crippen molar-refractivity contribution in [2.45, 2.75) is 12.5 Å². The van der Waals surface area contributed by atoms with Gasteiger partial charge in [0.15, 0.2) is 0 Å². The van der Waals surface area contributed by atoms with E-state index in [9.17, 15) is 8.78 Å². The summed E-state index contributed by atoms with van der Waals surface area (Å²) in [5.41, 5.74) is 3.67. The van der Waals surface area contributed by atoms with Gasteiger partial charge in [-0.1, -0.05) is 0 Å². The lowest BCUT2D eigenvalue weighted by molar-refractivity contribution is 0.527. The van der Waals surface area contributed by atoms with Gasteiger partial charge in [0.1, 0.15) is 11.6 Å². The third kappa shape index (κ3) is 3.06. The van der Waals surface area contributed by atoms with Crippen molar-refractivity contribution in [1.82, 2.24) is 15.4 Å². The van der Waals surface area contributed by atoms with Crippen LogP contribution in [-0.4, -0.2) is 9.97 Å². The number of hydrazine groups is 1. The first-order valence-corrected chi connectivity index (χ1v) is 5.36. The van der Waals surface area contributed by atoms with Gasteiger partial charge in [0.2, 0.25) is 0 Å². The quantitative estimate of drug-likeness (QED) is 0.637. The Morgan fingerprint density at radius 2 is 1.89 bits per heavy atom. The second-order valence-electron chi connectivity index (χ2n) is 3.83. The van der Waals surface area contributed by atoms with Crippen molar-refractivity contribution >= 4 is 0 Å². The molecular formula is C12H12F2N4. The molecule has 2 rings (SSSR count). The van der Waals surface area contributed by atoms with Crippen molar-refractivity contribution in [3.8, 4) is 0 Å². The molecule has 0 saturated carbocycles. The number of nitrogens with zero attached hydrogens (tertiary/aromatic N) is 2. The normalized spacial score (nSPS) is 12.4. The molecule has 0 aliphatic heterocycles. The fourth-order valence-electron chi connectivity index (χ4n) is 1.70. The number of benzene rings is 1. The lowest BCUT2D eigenvalue weighted by Gasteiger charge is -2.14. The van der Waals surface area contributed by atoms with Gasteiger partial charge in [0.25, 0.3) is 0 Å². The highest BCUT2D eigenvalue weighted by Crippen LogP contribution is 2.16. The Labute approximate surface area is 103 Å². The molecule has 0 aliphatic rings. The van der Waals surface area contributed by atoms with Crippen LogP contribution in [0.4, 0.5) is 8.78 Å². The monoisotopic (exact) mass is 250 g/mol. The molecule has 1 atom stereocenters. The van der Waals surface area contributed by atoms with Gasteiger partial charge in [-0.15, -0.1) is 0 Å². The topological polar surface area (TPSA) is 63.8 Å². The Kier molecular flexibility index (Phi) is 3.91. The molecule has 4 nitrogen and oxygen atoms in total. The van der Waals surface area contributed by atoms with Gasteiger partial charge in [-0.3, -0.25) is 21.2 Å². The lowest BCUT2D eigenvalue weighted by atomic mass is 10.0. The van der Waals surface area contributed by atoms with Crippen molar-refractivity contribution in [3.63, 3.8) is 0 Å². The molecule has 3 N–H and O–H groups in total. The average Bonchev–Trinajstić information content (AvgIpc) is 2.36. The van der Waals surface area contributed by atoms with Crippen LogP contribution in [0.3, 0.4) is 0 Å². The van der Waals surface area contributed by atoms with Gasteiger partial charge in [-0.25, -0.2) is 8.78 Å². The van der Waals surface area contributed by atoms with Crippen LogP contribution in [0.5, 0.6) is 0 Å². The van der Waals surface area contributed by atoms with Gasteiger partial charge < -0.3 is 0 Å². The Morgan fingerprint density at radius 1 is 1.17 bits per heavy atom. The molecule has 1 unspecified atom stereocenters. The molecule has 18 heavy (non-hydrogen) atoms. The summed E-state index contributed by atoms with van der Waals surface area (Å²) in [6, 6.07) is 3.02. The highest BCUT2D eigenvalue weighted by Gasteiger charge is 2.13. The fourth-order valence-corrected chi connectivity index (χ4v) is 1.70. The van der Waals surface area contributed by atoms with Crippen LogP contribution in [0.1, 0.15) is 17.3 Å². The summed E-state index contributed by atoms with van der Waals surface area (Å²) >= 11 is 0. The van der Waals surface area contributed by atoms with E-state index in [4.69, 9.17) is 5.84 Å². The van der Waals surface area contributed by atoms with E-state index in [1.54, 1.807) is 12.4 Å². The minimum atomic E-state index is -0.611. The van der Waals surface area contributed by atoms with E-state index in [0.29, 0.717) is 17.7 Å². The molecular weight excluding hydrogens is 238 g/mol. The number of hydrogen-bond donors (Lipinski definition) is 2. The van der Waals surface area contributed by atoms with Crippen LogP contribution < -0.4 is 11.3 Å². The summed E-state index contributed by atoms with van der Waals surface area (Å²) < 4.78 is 26.1. The van der Waals surface area contributed by atoms with Crippen molar-refractivity contribution < 1.29 is 8.78 Å². The predicted molar refractivity (Wildman–Crippen MR) is 62.2 cm³/mol. The first-order chi connectivity index (χ1) is 8.69. The first kappa shape index (κ1) is 12.5. The van der Waals surface area contributed by atoms with Gasteiger partial charge in [0.05, 0.1) is 17.9 Å². The number of nitrogens with one attached hydrogen (secondary N) is 1. The van der Waals surface area contributed by atoms with Crippen LogP contribution in [0, 0.1) is 11.6 Å². The molecule has 0 spiro atoms. The number of hydrogen-bond acceptors (Lipinski definition) is 4. The molecule has 0 aliphatic carbocycles. The van der Waals surface area contributed by atoms with Crippen LogP contribution in [0.15, 0.2) is 36.8 Å². The van der Waals surface area contributed by atoms with Gasteiger partial charge in [0, 0.05) is 18.5 Å². The van der Waals surface area contributed by atoms with Crippen LogP contribution in [0.2, 0.25) is 0 Å². The SMILES string of the molecule is NNC(Cc1cc(F)cc(F)c1)c1cnccn1. The third-order valence-corrected chi connectivity index (χ3v) is 2.50. The van der Waals surface area contributed by atoms with Gasteiger partial charge in [-0.2, -0.15) is 0 Å². The zero-order valence-electron chi connectivity index (χ0n) is 9.48. The molecule has 1 aromatic heterocycles. The maximum absolute atomic E-state index is 13.1. The fraction of sp³-hybridized carbons (Fsp3) is 0.167. The molecule has 6 heteroatoms. The molecule has 0 amide bonds. The van der Waals surface area contributed by atoms with E-state index in [0.717, 1.165) is 6.07 Å². The van der Waals surface area contributed by atoms with E-state index < -0.39 is 11.6 Å². The van der Waals surface area contributed by atoms with Crippen molar-refractivity contribution in [1.29, 1.82) is 0 Å². The third-order valence-electron chi connectivity index (χ3n) is 2.50. The van der Waals surface area contributed by atoms with Crippen LogP contribution >= 0.6 is 0 Å². The summed E-state index contributed by atoms with van der Waals surface area (Å²) in [7, 11) is 0. The van der Waals surface area contributed by atoms with E-state index in [-0.39, 0.29) is 6.04 Å². The molecule has 2 aromatic rings. The number of nitrogens with two attached hydrogens (primary N) is 1. The maximum atomic E-state index is 13.1. The molecule has 1 heterocycles. The maximum Gasteiger partial charge on any atom is 0.126 e. The van der Waals surface area contributed by atoms with E-state index in [1.165, 1.54) is 18.3 Å². The molecule has 0 saturated heterocycles. The Balaban J connectivity index is 2.20. The Bertz CT molecular complexity index is 498. The van der Waals surface area contributed by atoms with Crippen molar-refractivity contribution in [3.05, 3.63) is 59.7 Å². The summed E-state index contributed by atoms with van der Waals surface area (Å²) in [4.78, 5) is 8.02. The van der Waals surface area contributed by atoms with Gasteiger partial charge >= 0.3 is 0 Å². The van der Waals surface area contributed by atoms with Gasteiger partial charge in [-0.05, 0) is 24.1 Å². The highest BCUT2D eigenvalue weighted by atomic mass is 19.1. The largest absolute Gasteiger partial charge is 0.271 e. The zero-order valence-corrected chi connectivity index (χ0v) is 9.48. The second kappa shape index (κ2) is 5.61. The van der Waals surface area contributed by atoms with E-state index in [2.05, 4.69) is 15.4 Å². The van der Waals surface area contributed by atoms with Crippen molar-refractivity contribution in [2.75, 3.05) is 0 Å². The van der Waals surface area contributed by atoms with Crippen molar-refractivity contribution in [2.24, 2.45) is 5.84 Å². The van der Waals surface area contributed by atoms with E-state index >= 15 is 0 Å². The summed E-state index contributed by atoms with van der Waals surface area (Å²) in [5.74, 6) is 4.20. The number of aromatic nitrogens is 2. The van der Waals surface area contributed by atoms with Crippen LogP contribution in [-0.2, 0) is 6.42 Å². The average molecular weight is 250 g/mol. The van der Waals surface area contributed by atoms with E-state index in [1.807, 2.05) is 0 Å². The first-order valence-electron chi connectivity index (χ1n) is 5.36. The standard InChI is InChI=1S/C12H12F2N4/c13-9-3-8(4-10(14)6-9)5-11(18-15)12-7-16-1-2-17-12/h1-4,6-7,11,18H,5,15H2. The highest BCUT2D eigenvalue weighted by molar-refractivity contribution is 5.20. The Hall–Kier alpha value is -1.92. The number of halogens is 2. The minimum absolute atomic E-state index is 0.323. The van der Waals surface area contributed by atoms with Crippen LogP contribution in [0.25, 0.3) is 0 Å².